The summed E-state index contributed by atoms with van der Waals surface area (Å²) in [5, 5.41) is 18.3. The van der Waals surface area contributed by atoms with E-state index in [0.29, 0.717) is 11.1 Å². The van der Waals surface area contributed by atoms with Gasteiger partial charge in [-0.2, -0.15) is 10.5 Å². The van der Waals surface area contributed by atoms with Crippen LogP contribution in [0.2, 0.25) is 0 Å². The SMILES string of the molecule is COc1nc(-c2ccc(C#N)cc2)c(NS(=O)(=O)c2ccccc2)cc1C#N. The minimum absolute atomic E-state index is 0.0736. The van der Waals surface area contributed by atoms with Crippen molar-refractivity contribution in [2.24, 2.45) is 0 Å². The standard InChI is InChI=1S/C20H14N4O3S/c1-27-20-16(13-22)11-18(24-28(25,26)17-5-3-2-4-6-17)19(23-20)15-9-7-14(12-21)8-10-15/h2-11,24H,1H3. The van der Waals surface area contributed by atoms with Gasteiger partial charge in [-0.05, 0) is 30.3 Å². The summed E-state index contributed by atoms with van der Waals surface area (Å²) in [6.45, 7) is 0. The summed E-state index contributed by atoms with van der Waals surface area (Å²) >= 11 is 0. The van der Waals surface area contributed by atoms with Crippen molar-refractivity contribution in [3.63, 3.8) is 0 Å². The van der Waals surface area contributed by atoms with Crippen molar-refractivity contribution in [1.82, 2.24) is 4.98 Å². The second-order valence-electron chi connectivity index (χ2n) is 5.66. The molecule has 3 aromatic rings. The topological polar surface area (TPSA) is 116 Å². The number of anilines is 1. The van der Waals surface area contributed by atoms with E-state index < -0.39 is 10.0 Å². The highest BCUT2D eigenvalue weighted by molar-refractivity contribution is 7.92. The molecule has 0 amide bonds. The molecular formula is C20H14N4O3S. The summed E-state index contributed by atoms with van der Waals surface area (Å²) in [6.07, 6.45) is 0. The van der Waals surface area contributed by atoms with E-state index in [2.05, 4.69) is 9.71 Å². The number of sulfonamides is 1. The predicted octanol–water partition coefficient (Wildman–Crippen LogP) is 3.30. The maximum absolute atomic E-state index is 12.7. The number of rotatable bonds is 5. The van der Waals surface area contributed by atoms with Crippen LogP contribution in [0.15, 0.2) is 65.6 Å². The molecule has 0 aliphatic heterocycles. The monoisotopic (exact) mass is 390 g/mol. The van der Waals surface area contributed by atoms with Gasteiger partial charge in [0.15, 0.2) is 0 Å². The minimum Gasteiger partial charge on any atom is -0.480 e. The molecule has 1 aromatic heterocycles. The molecule has 28 heavy (non-hydrogen) atoms. The molecule has 0 radical (unpaired) electrons. The summed E-state index contributed by atoms with van der Waals surface area (Å²) < 4.78 is 33.1. The number of aromatic nitrogens is 1. The quantitative estimate of drug-likeness (QED) is 0.714. The molecule has 2 aromatic carbocycles. The van der Waals surface area contributed by atoms with E-state index >= 15 is 0 Å². The van der Waals surface area contributed by atoms with E-state index in [0.717, 1.165) is 0 Å². The van der Waals surface area contributed by atoms with Gasteiger partial charge >= 0.3 is 0 Å². The Morgan fingerprint density at radius 3 is 2.25 bits per heavy atom. The zero-order valence-electron chi connectivity index (χ0n) is 14.7. The van der Waals surface area contributed by atoms with Gasteiger partial charge in [0.05, 0.1) is 35.0 Å². The van der Waals surface area contributed by atoms with Gasteiger partial charge in [0.1, 0.15) is 11.6 Å². The minimum atomic E-state index is -3.89. The predicted molar refractivity (Wildman–Crippen MR) is 103 cm³/mol. The van der Waals surface area contributed by atoms with Gasteiger partial charge in [0.25, 0.3) is 10.0 Å². The first kappa shape index (κ1) is 18.9. The van der Waals surface area contributed by atoms with Gasteiger partial charge in [-0.1, -0.05) is 30.3 Å². The van der Waals surface area contributed by atoms with Crippen molar-refractivity contribution in [2.75, 3.05) is 11.8 Å². The number of nitriles is 2. The van der Waals surface area contributed by atoms with Crippen LogP contribution in [-0.4, -0.2) is 20.5 Å². The number of ether oxygens (including phenoxy) is 1. The Morgan fingerprint density at radius 1 is 1.00 bits per heavy atom. The number of nitrogens with zero attached hydrogens (tertiary/aromatic N) is 3. The molecule has 0 spiro atoms. The zero-order valence-corrected chi connectivity index (χ0v) is 15.6. The van der Waals surface area contributed by atoms with E-state index in [4.69, 9.17) is 10.00 Å². The van der Waals surface area contributed by atoms with Crippen LogP contribution in [0, 0.1) is 22.7 Å². The Kier molecular flexibility index (Phi) is 5.25. The van der Waals surface area contributed by atoms with E-state index in [-0.39, 0.29) is 27.7 Å². The number of nitrogens with one attached hydrogen (secondary N) is 1. The molecule has 138 valence electrons. The summed E-state index contributed by atoms with van der Waals surface area (Å²) in [6, 6.07) is 19.7. The van der Waals surface area contributed by atoms with Gasteiger partial charge < -0.3 is 4.74 Å². The van der Waals surface area contributed by atoms with Crippen molar-refractivity contribution in [1.29, 1.82) is 10.5 Å². The smallest absolute Gasteiger partial charge is 0.261 e. The van der Waals surface area contributed by atoms with Crippen LogP contribution in [0.3, 0.4) is 0 Å². The van der Waals surface area contributed by atoms with Crippen molar-refractivity contribution in [3.8, 4) is 29.3 Å². The van der Waals surface area contributed by atoms with Crippen molar-refractivity contribution < 1.29 is 13.2 Å². The fraction of sp³-hybridized carbons (Fsp3) is 0.0500. The number of hydrogen-bond donors (Lipinski definition) is 1. The van der Waals surface area contributed by atoms with Gasteiger partial charge in [0.2, 0.25) is 5.88 Å². The van der Waals surface area contributed by atoms with Crippen molar-refractivity contribution in [3.05, 3.63) is 71.8 Å². The Hall–Kier alpha value is -3.88. The van der Waals surface area contributed by atoms with Crippen LogP contribution in [-0.2, 0) is 10.0 Å². The van der Waals surface area contributed by atoms with Crippen LogP contribution < -0.4 is 9.46 Å². The van der Waals surface area contributed by atoms with Gasteiger partial charge in [-0.25, -0.2) is 13.4 Å². The molecule has 0 aliphatic carbocycles. The number of benzene rings is 2. The maximum atomic E-state index is 12.7. The summed E-state index contributed by atoms with van der Waals surface area (Å²) in [5.41, 5.74) is 1.51. The van der Waals surface area contributed by atoms with Crippen LogP contribution >= 0.6 is 0 Å². The largest absolute Gasteiger partial charge is 0.480 e. The van der Waals surface area contributed by atoms with Crippen LogP contribution in [0.4, 0.5) is 5.69 Å². The lowest BCUT2D eigenvalue weighted by Gasteiger charge is -2.14. The van der Waals surface area contributed by atoms with E-state index in [1.54, 1.807) is 42.5 Å². The van der Waals surface area contributed by atoms with E-state index in [1.165, 1.54) is 25.3 Å². The second kappa shape index (κ2) is 7.78. The first-order valence-electron chi connectivity index (χ1n) is 8.06. The lowest BCUT2D eigenvalue weighted by Crippen LogP contribution is -2.14. The normalized spacial score (nSPS) is 10.5. The highest BCUT2D eigenvalue weighted by Gasteiger charge is 2.20. The molecule has 0 atom stereocenters. The van der Waals surface area contributed by atoms with E-state index in [1.807, 2.05) is 12.1 Å². The van der Waals surface area contributed by atoms with Crippen LogP contribution in [0.1, 0.15) is 11.1 Å². The molecule has 7 nitrogen and oxygen atoms in total. The second-order valence-corrected chi connectivity index (χ2v) is 7.34. The highest BCUT2D eigenvalue weighted by atomic mass is 32.2. The van der Waals surface area contributed by atoms with Crippen LogP contribution in [0.5, 0.6) is 5.88 Å². The van der Waals surface area contributed by atoms with Crippen LogP contribution in [0.25, 0.3) is 11.3 Å². The van der Waals surface area contributed by atoms with Crippen molar-refractivity contribution >= 4 is 15.7 Å². The molecule has 0 saturated carbocycles. The molecule has 8 heteroatoms. The average Bonchev–Trinajstić information content (AvgIpc) is 2.74. The summed E-state index contributed by atoms with van der Waals surface area (Å²) in [7, 11) is -2.52. The summed E-state index contributed by atoms with van der Waals surface area (Å²) in [5.74, 6) is 0.0736. The first-order valence-corrected chi connectivity index (χ1v) is 9.54. The third-order valence-corrected chi connectivity index (χ3v) is 5.27. The third-order valence-electron chi connectivity index (χ3n) is 3.89. The molecule has 3 rings (SSSR count). The molecule has 1 N–H and O–H groups in total. The molecule has 0 unspecified atom stereocenters. The fourth-order valence-electron chi connectivity index (χ4n) is 2.54. The Bertz CT molecular complexity index is 1190. The Labute approximate surface area is 162 Å². The first-order chi connectivity index (χ1) is 13.5. The molecule has 1 heterocycles. The molecule has 0 aliphatic rings. The van der Waals surface area contributed by atoms with Gasteiger partial charge in [0, 0.05) is 5.56 Å². The number of pyridine rings is 1. The third kappa shape index (κ3) is 3.78. The van der Waals surface area contributed by atoms with E-state index in [9.17, 15) is 13.7 Å². The maximum Gasteiger partial charge on any atom is 0.261 e. The molecule has 0 fully saturated rings. The summed E-state index contributed by atoms with van der Waals surface area (Å²) in [4.78, 5) is 4.39. The highest BCUT2D eigenvalue weighted by Crippen LogP contribution is 2.32. The van der Waals surface area contributed by atoms with Crippen molar-refractivity contribution in [2.45, 2.75) is 4.90 Å². The fourth-order valence-corrected chi connectivity index (χ4v) is 3.61. The number of methoxy groups -OCH3 is 1. The zero-order chi connectivity index (χ0) is 20.1. The molecule has 0 saturated heterocycles. The Morgan fingerprint density at radius 2 is 1.68 bits per heavy atom. The lowest BCUT2D eigenvalue weighted by atomic mass is 10.1. The molecule has 0 bridgehead atoms. The average molecular weight is 390 g/mol. The number of hydrogen-bond acceptors (Lipinski definition) is 6. The van der Waals surface area contributed by atoms with Gasteiger partial charge in [-0.3, -0.25) is 4.72 Å². The molecular weight excluding hydrogens is 376 g/mol. The lowest BCUT2D eigenvalue weighted by molar-refractivity contribution is 0.397. The Balaban J connectivity index is 2.16. The van der Waals surface area contributed by atoms with Gasteiger partial charge in [-0.15, -0.1) is 0 Å².